The van der Waals surface area contributed by atoms with E-state index in [0.29, 0.717) is 0 Å². The topological polar surface area (TPSA) is 25.4 Å². The zero-order valence-corrected chi connectivity index (χ0v) is 9.96. The van der Waals surface area contributed by atoms with Gasteiger partial charge in [0.25, 0.3) is 0 Å². The van der Waals surface area contributed by atoms with E-state index < -0.39 is 0 Å². The van der Waals surface area contributed by atoms with E-state index in [4.69, 9.17) is 4.74 Å². The van der Waals surface area contributed by atoms with Gasteiger partial charge in [0.1, 0.15) is 0 Å². The monoisotopic (exact) mass is 196 g/mol. The Labute approximate surface area is 86.7 Å². The van der Waals surface area contributed by atoms with Crippen molar-refractivity contribution in [3.63, 3.8) is 0 Å². The van der Waals surface area contributed by atoms with E-state index in [1.165, 1.54) is 0 Å². The molecule has 0 radical (unpaired) electrons. The number of methoxy groups -OCH3 is 1. The highest BCUT2D eigenvalue weighted by molar-refractivity contribution is 5.52. The largest absolute Gasteiger partial charge is 0.493 e. The standard InChI is InChI=1S/C9H14N2O.C2H6/c1-7-5-8(12-4)9(10-6-7)11(2)3;1-2/h5-6H,1-4H3;1-2H3. The number of hydrogen-bond donors (Lipinski definition) is 0. The first-order valence-electron chi connectivity index (χ1n) is 4.83. The lowest BCUT2D eigenvalue weighted by Gasteiger charge is -2.14. The molecule has 0 spiro atoms. The van der Waals surface area contributed by atoms with Gasteiger partial charge in [-0.05, 0) is 18.6 Å². The molecule has 1 rings (SSSR count). The Morgan fingerprint density at radius 2 is 1.86 bits per heavy atom. The number of nitrogens with zero attached hydrogens (tertiary/aromatic N) is 2. The molecule has 3 nitrogen and oxygen atoms in total. The second-order valence-electron chi connectivity index (χ2n) is 2.93. The fourth-order valence-electron chi connectivity index (χ4n) is 1.02. The summed E-state index contributed by atoms with van der Waals surface area (Å²) < 4.78 is 5.18. The molecule has 0 aliphatic carbocycles. The molecule has 0 unspecified atom stereocenters. The molecule has 14 heavy (non-hydrogen) atoms. The molecule has 3 heteroatoms. The van der Waals surface area contributed by atoms with Crippen LogP contribution >= 0.6 is 0 Å². The van der Waals surface area contributed by atoms with Crippen molar-refractivity contribution < 1.29 is 4.74 Å². The number of ether oxygens (including phenoxy) is 1. The Morgan fingerprint density at radius 1 is 1.29 bits per heavy atom. The van der Waals surface area contributed by atoms with Crippen molar-refractivity contribution in [3.8, 4) is 5.75 Å². The number of pyridine rings is 1. The van der Waals surface area contributed by atoms with Gasteiger partial charge in [0.15, 0.2) is 11.6 Å². The van der Waals surface area contributed by atoms with E-state index in [2.05, 4.69) is 4.98 Å². The summed E-state index contributed by atoms with van der Waals surface area (Å²) in [4.78, 5) is 6.18. The van der Waals surface area contributed by atoms with Gasteiger partial charge < -0.3 is 9.64 Å². The molecule has 0 aliphatic heterocycles. The Kier molecular flexibility index (Phi) is 5.68. The summed E-state index contributed by atoms with van der Waals surface area (Å²) in [5.41, 5.74) is 1.11. The van der Waals surface area contributed by atoms with Crippen LogP contribution in [0, 0.1) is 6.92 Å². The van der Waals surface area contributed by atoms with Gasteiger partial charge in [0.2, 0.25) is 0 Å². The number of aromatic nitrogens is 1. The lowest BCUT2D eigenvalue weighted by molar-refractivity contribution is 0.413. The average Bonchev–Trinajstić information content (AvgIpc) is 2.20. The highest BCUT2D eigenvalue weighted by Crippen LogP contribution is 2.23. The molecule has 0 N–H and O–H groups in total. The van der Waals surface area contributed by atoms with Gasteiger partial charge in [-0.1, -0.05) is 13.8 Å². The van der Waals surface area contributed by atoms with Gasteiger partial charge in [-0.2, -0.15) is 0 Å². The van der Waals surface area contributed by atoms with Crippen LogP contribution in [0.5, 0.6) is 5.75 Å². The quantitative estimate of drug-likeness (QED) is 0.726. The van der Waals surface area contributed by atoms with Gasteiger partial charge in [-0.25, -0.2) is 4.98 Å². The number of hydrogen-bond acceptors (Lipinski definition) is 3. The van der Waals surface area contributed by atoms with Crippen LogP contribution < -0.4 is 9.64 Å². The van der Waals surface area contributed by atoms with E-state index in [1.54, 1.807) is 7.11 Å². The maximum atomic E-state index is 5.18. The summed E-state index contributed by atoms with van der Waals surface area (Å²) >= 11 is 0. The zero-order valence-electron chi connectivity index (χ0n) is 9.96. The fourth-order valence-corrected chi connectivity index (χ4v) is 1.02. The van der Waals surface area contributed by atoms with Crippen molar-refractivity contribution in [2.45, 2.75) is 20.8 Å². The molecule has 0 aromatic carbocycles. The summed E-state index contributed by atoms with van der Waals surface area (Å²) in [5.74, 6) is 1.68. The predicted molar refractivity (Wildman–Crippen MR) is 61.2 cm³/mol. The summed E-state index contributed by atoms with van der Waals surface area (Å²) in [7, 11) is 5.55. The lowest BCUT2D eigenvalue weighted by Crippen LogP contribution is -2.11. The number of aryl methyl sites for hydroxylation is 1. The molecule has 0 fully saturated rings. The van der Waals surface area contributed by atoms with Gasteiger partial charge in [-0.15, -0.1) is 0 Å². The van der Waals surface area contributed by atoms with Crippen molar-refractivity contribution >= 4 is 5.82 Å². The van der Waals surface area contributed by atoms with Gasteiger partial charge >= 0.3 is 0 Å². The Hall–Kier alpha value is -1.25. The smallest absolute Gasteiger partial charge is 0.170 e. The van der Waals surface area contributed by atoms with E-state index in [-0.39, 0.29) is 0 Å². The molecule has 0 bridgehead atoms. The van der Waals surface area contributed by atoms with E-state index in [0.717, 1.165) is 17.1 Å². The van der Waals surface area contributed by atoms with Crippen molar-refractivity contribution in [2.75, 3.05) is 26.1 Å². The van der Waals surface area contributed by atoms with Crippen molar-refractivity contribution in [3.05, 3.63) is 17.8 Å². The van der Waals surface area contributed by atoms with Crippen LogP contribution in [0.1, 0.15) is 19.4 Å². The molecule has 1 aromatic rings. The third kappa shape index (κ3) is 3.24. The zero-order chi connectivity index (χ0) is 11.1. The fraction of sp³-hybridized carbons (Fsp3) is 0.545. The first-order chi connectivity index (χ1) is 6.65. The highest BCUT2D eigenvalue weighted by Gasteiger charge is 2.05. The number of anilines is 1. The molecular formula is C11H20N2O. The van der Waals surface area contributed by atoms with E-state index >= 15 is 0 Å². The number of rotatable bonds is 2. The van der Waals surface area contributed by atoms with Crippen molar-refractivity contribution in [1.29, 1.82) is 0 Å². The molecule has 1 aromatic heterocycles. The minimum atomic E-state index is 0.819. The van der Waals surface area contributed by atoms with Crippen LogP contribution in [0.2, 0.25) is 0 Å². The molecular weight excluding hydrogens is 176 g/mol. The van der Waals surface area contributed by atoms with Gasteiger partial charge in [0.05, 0.1) is 7.11 Å². The predicted octanol–water partition coefficient (Wildman–Crippen LogP) is 2.49. The lowest BCUT2D eigenvalue weighted by atomic mass is 10.3. The normalized spacial score (nSPS) is 8.71. The van der Waals surface area contributed by atoms with Crippen LogP contribution in [-0.2, 0) is 0 Å². The second-order valence-corrected chi connectivity index (χ2v) is 2.93. The van der Waals surface area contributed by atoms with Crippen molar-refractivity contribution in [2.24, 2.45) is 0 Å². The second kappa shape index (κ2) is 6.24. The van der Waals surface area contributed by atoms with Crippen LogP contribution in [0.3, 0.4) is 0 Å². The molecule has 0 saturated heterocycles. The molecule has 1 heterocycles. The minimum absolute atomic E-state index is 0.819. The Morgan fingerprint density at radius 3 is 2.29 bits per heavy atom. The molecule has 0 aliphatic rings. The molecule has 0 atom stereocenters. The summed E-state index contributed by atoms with van der Waals surface area (Å²) in [6.45, 7) is 6.00. The Bertz CT molecular complexity index is 272. The first-order valence-corrected chi connectivity index (χ1v) is 4.83. The van der Waals surface area contributed by atoms with E-state index in [9.17, 15) is 0 Å². The van der Waals surface area contributed by atoms with Crippen LogP contribution in [0.4, 0.5) is 5.82 Å². The van der Waals surface area contributed by atoms with Crippen LogP contribution in [0.15, 0.2) is 12.3 Å². The van der Waals surface area contributed by atoms with Crippen LogP contribution in [-0.4, -0.2) is 26.2 Å². The van der Waals surface area contributed by atoms with Gasteiger partial charge in [0, 0.05) is 20.3 Å². The van der Waals surface area contributed by atoms with Crippen molar-refractivity contribution in [1.82, 2.24) is 4.98 Å². The summed E-state index contributed by atoms with van der Waals surface area (Å²) in [6, 6.07) is 1.97. The van der Waals surface area contributed by atoms with Crippen LogP contribution in [0.25, 0.3) is 0 Å². The molecule has 80 valence electrons. The summed E-state index contributed by atoms with van der Waals surface area (Å²) in [6.07, 6.45) is 1.83. The average molecular weight is 196 g/mol. The first kappa shape index (κ1) is 12.8. The Balaban J connectivity index is 0.000000791. The maximum Gasteiger partial charge on any atom is 0.170 e. The third-order valence-electron chi connectivity index (χ3n) is 1.61. The SMILES string of the molecule is CC.COc1cc(C)cnc1N(C)C. The maximum absolute atomic E-state index is 5.18. The molecule has 0 amide bonds. The summed E-state index contributed by atoms with van der Waals surface area (Å²) in [5, 5.41) is 0. The highest BCUT2D eigenvalue weighted by atomic mass is 16.5. The molecule has 0 saturated carbocycles. The minimum Gasteiger partial charge on any atom is -0.493 e. The van der Waals surface area contributed by atoms with E-state index in [1.807, 2.05) is 52.0 Å². The van der Waals surface area contributed by atoms with Gasteiger partial charge in [-0.3, -0.25) is 0 Å². The third-order valence-corrected chi connectivity index (χ3v) is 1.61.